The molecule has 1 aliphatic rings. The SMILES string of the molecule is CCc1cc(C#N)c2nc(N3CC[C@@H](NCCCOC)C[C@H]3C)c(-c3nc(C)no3)c(C)c2c1. The Morgan fingerprint density at radius 3 is 2.76 bits per heavy atom. The van der Waals surface area contributed by atoms with Gasteiger partial charge in [0.15, 0.2) is 5.82 Å². The Labute approximate surface area is 201 Å². The maximum absolute atomic E-state index is 9.88. The Balaban J connectivity index is 1.76. The number of pyridine rings is 1. The summed E-state index contributed by atoms with van der Waals surface area (Å²) in [6.07, 6.45) is 3.88. The number of nitrogens with one attached hydrogen (secondary N) is 1. The van der Waals surface area contributed by atoms with E-state index in [1.54, 1.807) is 7.11 Å². The molecule has 0 unspecified atom stereocenters. The van der Waals surface area contributed by atoms with Crippen molar-refractivity contribution in [2.24, 2.45) is 0 Å². The second-order valence-corrected chi connectivity index (χ2v) is 9.15. The van der Waals surface area contributed by atoms with Gasteiger partial charge in [-0.2, -0.15) is 10.2 Å². The average molecular weight is 463 g/mol. The predicted molar refractivity (Wildman–Crippen MR) is 133 cm³/mol. The molecule has 0 bridgehead atoms. The third-order valence-corrected chi connectivity index (χ3v) is 6.77. The van der Waals surface area contributed by atoms with Crippen molar-refractivity contribution in [2.45, 2.75) is 65.5 Å². The number of piperidine rings is 1. The van der Waals surface area contributed by atoms with Crippen LogP contribution in [0.15, 0.2) is 16.7 Å². The summed E-state index contributed by atoms with van der Waals surface area (Å²) in [6.45, 7) is 10.8. The van der Waals surface area contributed by atoms with E-state index < -0.39 is 0 Å². The lowest BCUT2D eigenvalue weighted by Gasteiger charge is -2.40. The topological polar surface area (TPSA) is 100 Å². The number of aryl methyl sites for hydroxylation is 3. The van der Waals surface area contributed by atoms with Gasteiger partial charge in [-0.1, -0.05) is 12.1 Å². The molecule has 1 saturated heterocycles. The molecular weight excluding hydrogens is 428 g/mol. The van der Waals surface area contributed by atoms with Gasteiger partial charge in [0.05, 0.1) is 16.6 Å². The fourth-order valence-electron chi connectivity index (χ4n) is 4.91. The molecule has 2 aromatic heterocycles. The molecule has 3 aromatic rings. The number of anilines is 1. The Bertz CT molecular complexity index is 1200. The standard InChI is InChI=1S/C26H34N6O2/c1-6-19-13-20(15-27)24-22(14-19)17(3)23(26-29-18(4)31-34-26)25(30-24)32-10-8-21(12-16(32)2)28-9-7-11-33-5/h13-14,16,21,28H,6-12H2,1-5H3/t16-,21-/m1/s1. The predicted octanol–water partition coefficient (Wildman–Crippen LogP) is 4.32. The molecule has 0 aliphatic carbocycles. The summed E-state index contributed by atoms with van der Waals surface area (Å²) in [7, 11) is 1.74. The lowest BCUT2D eigenvalue weighted by molar-refractivity contribution is 0.192. The number of fused-ring (bicyclic) bond motifs is 1. The van der Waals surface area contributed by atoms with Crippen molar-refractivity contribution >= 4 is 16.7 Å². The molecule has 0 radical (unpaired) electrons. The first-order valence-corrected chi connectivity index (χ1v) is 12.1. The van der Waals surface area contributed by atoms with E-state index in [0.717, 1.165) is 78.8 Å². The van der Waals surface area contributed by atoms with E-state index in [1.165, 1.54) is 0 Å². The van der Waals surface area contributed by atoms with Crippen molar-refractivity contribution in [1.29, 1.82) is 5.26 Å². The lowest BCUT2D eigenvalue weighted by Crippen LogP contribution is -2.48. The van der Waals surface area contributed by atoms with E-state index in [-0.39, 0.29) is 6.04 Å². The molecule has 1 N–H and O–H groups in total. The first kappa shape index (κ1) is 24.1. The lowest BCUT2D eigenvalue weighted by atomic mass is 9.94. The van der Waals surface area contributed by atoms with Crippen LogP contribution in [-0.4, -0.2) is 54.0 Å². The number of rotatable bonds is 8. The number of nitrogens with zero attached hydrogens (tertiary/aromatic N) is 5. The second-order valence-electron chi connectivity index (χ2n) is 9.15. The average Bonchev–Trinajstić information content (AvgIpc) is 3.27. The van der Waals surface area contributed by atoms with Crippen LogP contribution in [0.4, 0.5) is 5.82 Å². The summed E-state index contributed by atoms with van der Waals surface area (Å²) in [6, 6.07) is 7.17. The molecule has 4 rings (SSSR count). The van der Waals surface area contributed by atoms with Crippen molar-refractivity contribution in [3.63, 3.8) is 0 Å². The van der Waals surface area contributed by atoms with Crippen LogP contribution in [0.1, 0.15) is 55.6 Å². The third kappa shape index (κ3) is 4.77. The van der Waals surface area contributed by atoms with Gasteiger partial charge in [0.25, 0.3) is 5.89 Å². The summed E-state index contributed by atoms with van der Waals surface area (Å²) < 4.78 is 10.8. The van der Waals surface area contributed by atoms with E-state index in [9.17, 15) is 5.26 Å². The van der Waals surface area contributed by atoms with Gasteiger partial charge < -0.3 is 19.5 Å². The fraction of sp³-hybridized carbons (Fsp3) is 0.538. The van der Waals surface area contributed by atoms with Crippen molar-refractivity contribution < 1.29 is 9.26 Å². The van der Waals surface area contributed by atoms with E-state index in [4.69, 9.17) is 14.2 Å². The summed E-state index contributed by atoms with van der Waals surface area (Å²) >= 11 is 0. The Hall–Kier alpha value is -3.02. The summed E-state index contributed by atoms with van der Waals surface area (Å²) in [4.78, 5) is 12.0. The fourth-order valence-corrected chi connectivity index (χ4v) is 4.91. The molecular formula is C26H34N6O2. The zero-order chi connectivity index (χ0) is 24.2. The number of methoxy groups -OCH3 is 1. The molecule has 3 heterocycles. The summed E-state index contributed by atoms with van der Waals surface area (Å²) in [5, 5.41) is 18.6. The molecule has 0 spiro atoms. The number of hydrogen-bond acceptors (Lipinski definition) is 8. The van der Waals surface area contributed by atoms with Crippen molar-refractivity contribution in [2.75, 3.05) is 31.7 Å². The Kier molecular flexibility index (Phi) is 7.44. The smallest absolute Gasteiger partial charge is 0.261 e. The van der Waals surface area contributed by atoms with Gasteiger partial charge in [-0.05, 0) is 76.3 Å². The highest BCUT2D eigenvalue weighted by molar-refractivity contribution is 5.95. The molecule has 34 heavy (non-hydrogen) atoms. The highest BCUT2D eigenvalue weighted by atomic mass is 16.5. The molecule has 0 amide bonds. The Morgan fingerprint density at radius 1 is 1.29 bits per heavy atom. The van der Waals surface area contributed by atoms with E-state index in [2.05, 4.69) is 53.3 Å². The molecule has 1 aliphatic heterocycles. The molecule has 8 heteroatoms. The molecule has 1 fully saturated rings. The van der Waals surface area contributed by atoms with Crippen molar-refractivity contribution in [1.82, 2.24) is 20.4 Å². The van der Waals surface area contributed by atoms with Gasteiger partial charge in [0.1, 0.15) is 11.9 Å². The molecule has 1 aromatic carbocycles. The van der Waals surface area contributed by atoms with Gasteiger partial charge in [-0.15, -0.1) is 0 Å². The molecule has 8 nitrogen and oxygen atoms in total. The zero-order valence-corrected chi connectivity index (χ0v) is 20.8. The first-order valence-electron chi connectivity index (χ1n) is 12.1. The molecule has 0 saturated carbocycles. The molecule has 2 atom stereocenters. The minimum Gasteiger partial charge on any atom is -0.385 e. The maximum Gasteiger partial charge on any atom is 0.261 e. The Morgan fingerprint density at radius 2 is 2.12 bits per heavy atom. The number of ether oxygens (including phenoxy) is 1. The van der Waals surface area contributed by atoms with Gasteiger partial charge >= 0.3 is 0 Å². The van der Waals surface area contributed by atoms with Gasteiger partial charge in [0.2, 0.25) is 0 Å². The third-order valence-electron chi connectivity index (χ3n) is 6.77. The van der Waals surface area contributed by atoms with E-state index in [0.29, 0.717) is 23.3 Å². The number of benzene rings is 1. The minimum absolute atomic E-state index is 0.265. The number of hydrogen-bond donors (Lipinski definition) is 1. The van der Waals surface area contributed by atoms with E-state index >= 15 is 0 Å². The minimum atomic E-state index is 0.265. The maximum atomic E-state index is 9.88. The first-order chi connectivity index (χ1) is 16.5. The van der Waals surface area contributed by atoms with Crippen molar-refractivity contribution in [3.8, 4) is 17.5 Å². The normalized spacial score (nSPS) is 18.4. The zero-order valence-electron chi connectivity index (χ0n) is 20.8. The highest BCUT2D eigenvalue weighted by Crippen LogP contribution is 2.39. The van der Waals surface area contributed by atoms with Gasteiger partial charge in [0, 0.05) is 37.7 Å². The van der Waals surface area contributed by atoms with Crippen LogP contribution in [0.3, 0.4) is 0 Å². The van der Waals surface area contributed by atoms with Crippen LogP contribution in [0.5, 0.6) is 0 Å². The number of aromatic nitrogens is 3. The monoisotopic (exact) mass is 462 g/mol. The van der Waals surface area contributed by atoms with Crippen LogP contribution in [-0.2, 0) is 11.2 Å². The highest BCUT2D eigenvalue weighted by Gasteiger charge is 2.31. The van der Waals surface area contributed by atoms with Crippen LogP contribution < -0.4 is 10.2 Å². The van der Waals surface area contributed by atoms with Crippen LogP contribution in [0.25, 0.3) is 22.4 Å². The van der Waals surface area contributed by atoms with Gasteiger partial charge in [-0.25, -0.2) is 4.98 Å². The van der Waals surface area contributed by atoms with Crippen LogP contribution in [0, 0.1) is 25.2 Å². The van der Waals surface area contributed by atoms with Gasteiger partial charge in [-0.3, -0.25) is 0 Å². The summed E-state index contributed by atoms with van der Waals surface area (Å²) in [5.41, 5.74) is 4.34. The number of nitriles is 1. The van der Waals surface area contributed by atoms with Crippen LogP contribution in [0.2, 0.25) is 0 Å². The molecule has 180 valence electrons. The second kappa shape index (κ2) is 10.5. The quantitative estimate of drug-likeness (QED) is 0.494. The van der Waals surface area contributed by atoms with Crippen LogP contribution >= 0.6 is 0 Å². The van der Waals surface area contributed by atoms with E-state index in [1.807, 2.05) is 13.0 Å². The largest absolute Gasteiger partial charge is 0.385 e. The van der Waals surface area contributed by atoms with Crippen molar-refractivity contribution in [3.05, 3.63) is 34.6 Å². The summed E-state index contributed by atoms with van der Waals surface area (Å²) in [5.74, 6) is 1.89.